The number of carbonyl (C=O) groups excluding carboxylic acids is 1. The number of nitrogens with one attached hydrogen (secondary N) is 3. The first kappa shape index (κ1) is 27.0. The molecule has 200 valence electrons. The Balaban J connectivity index is 1.40. The number of hydrogen-bond acceptors (Lipinski definition) is 8. The third-order valence-electron chi connectivity index (χ3n) is 6.19. The average Bonchev–Trinajstić information content (AvgIpc) is 3.17. The van der Waals surface area contributed by atoms with Crippen LogP contribution in [0.25, 0.3) is 0 Å². The number of amides is 1. The number of anilines is 2. The number of carboxylic acids is 1. The fourth-order valence-electron chi connectivity index (χ4n) is 4.23. The van der Waals surface area contributed by atoms with E-state index in [9.17, 15) is 23.1 Å². The number of benzene rings is 2. The standard InChI is InChI=1S/C26H30N6O5S/c33-24(29-18-22(25(34)35)31-38(36,37)21-8-3-1-4-9-21)19-11-13-20(14-12-19)32-17-6-2-5-10-23(32)30-26-27-15-7-16-28-26/h1,3-4,7-9,11-16,22-23,31H,2,5-6,10,17-18H2,(H,29,33)(H,34,35)(H,27,28,30)/t22-,23?/m0/s1. The zero-order valence-corrected chi connectivity index (χ0v) is 21.5. The zero-order valence-electron chi connectivity index (χ0n) is 20.7. The summed E-state index contributed by atoms with van der Waals surface area (Å²) in [5.41, 5.74) is 1.26. The van der Waals surface area contributed by atoms with Crippen LogP contribution in [0.15, 0.2) is 78.0 Å². The van der Waals surface area contributed by atoms with Crippen molar-refractivity contribution in [2.75, 3.05) is 23.3 Å². The summed E-state index contributed by atoms with van der Waals surface area (Å²) in [5.74, 6) is -1.36. The van der Waals surface area contributed by atoms with Gasteiger partial charge >= 0.3 is 5.97 Å². The molecular weight excluding hydrogens is 508 g/mol. The third-order valence-corrected chi connectivity index (χ3v) is 7.68. The van der Waals surface area contributed by atoms with E-state index in [2.05, 4.69) is 30.2 Å². The van der Waals surface area contributed by atoms with Gasteiger partial charge in [0.1, 0.15) is 12.2 Å². The lowest BCUT2D eigenvalue weighted by molar-refractivity contribution is -0.138. The summed E-state index contributed by atoms with van der Waals surface area (Å²) in [4.78, 5) is 35.1. The molecule has 1 aromatic heterocycles. The van der Waals surface area contributed by atoms with Crippen molar-refractivity contribution in [3.05, 3.63) is 78.6 Å². The van der Waals surface area contributed by atoms with E-state index >= 15 is 0 Å². The minimum absolute atomic E-state index is 0.00598. The van der Waals surface area contributed by atoms with Gasteiger partial charge in [-0.3, -0.25) is 9.59 Å². The molecule has 11 nitrogen and oxygen atoms in total. The highest BCUT2D eigenvalue weighted by atomic mass is 32.2. The Morgan fingerprint density at radius 2 is 1.68 bits per heavy atom. The molecule has 0 aliphatic carbocycles. The molecule has 3 aromatic rings. The Morgan fingerprint density at radius 1 is 0.974 bits per heavy atom. The highest BCUT2D eigenvalue weighted by Gasteiger charge is 2.26. The zero-order chi connectivity index (χ0) is 27.0. The maximum atomic E-state index is 12.7. The molecule has 0 saturated carbocycles. The van der Waals surface area contributed by atoms with Crippen molar-refractivity contribution in [1.82, 2.24) is 20.0 Å². The summed E-state index contributed by atoms with van der Waals surface area (Å²) >= 11 is 0. The SMILES string of the molecule is O=C(NC[C@H](NS(=O)(=O)c1ccccc1)C(=O)O)c1ccc(N2CCCCCC2Nc2ncccn2)cc1. The second-order valence-electron chi connectivity index (χ2n) is 8.86. The van der Waals surface area contributed by atoms with Crippen LogP contribution in [0, 0.1) is 0 Å². The van der Waals surface area contributed by atoms with Crippen molar-refractivity contribution in [3.8, 4) is 0 Å². The van der Waals surface area contributed by atoms with Gasteiger partial charge in [0.25, 0.3) is 5.91 Å². The van der Waals surface area contributed by atoms with E-state index in [4.69, 9.17) is 0 Å². The Kier molecular flexibility index (Phi) is 8.87. The van der Waals surface area contributed by atoms with Crippen molar-refractivity contribution in [2.45, 2.75) is 42.8 Å². The Hall–Kier alpha value is -4.03. The van der Waals surface area contributed by atoms with Gasteiger partial charge in [-0.2, -0.15) is 4.72 Å². The lowest BCUT2D eigenvalue weighted by Gasteiger charge is -2.32. The smallest absolute Gasteiger partial charge is 0.323 e. The van der Waals surface area contributed by atoms with E-state index in [0.29, 0.717) is 11.5 Å². The molecule has 12 heteroatoms. The first-order valence-electron chi connectivity index (χ1n) is 12.3. The van der Waals surface area contributed by atoms with Crippen LogP contribution in [-0.4, -0.2) is 60.7 Å². The van der Waals surface area contributed by atoms with Gasteiger partial charge < -0.3 is 20.6 Å². The third kappa shape index (κ3) is 7.05. The van der Waals surface area contributed by atoms with Gasteiger partial charge in [0.15, 0.2) is 0 Å². The van der Waals surface area contributed by atoms with Gasteiger partial charge in [-0.15, -0.1) is 0 Å². The quantitative estimate of drug-likeness (QED) is 0.305. The number of carbonyl (C=O) groups is 2. The van der Waals surface area contributed by atoms with Crippen LogP contribution < -0.4 is 20.3 Å². The van der Waals surface area contributed by atoms with Gasteiger partial charge in [-0.1, -0.05) is 24.6 Å². The predicted molar refractivity (Wildman–Crippen MR) is 142 cm³/mol. The second-order valence-corrected chi connectivity index (χ2v) is 10.6. The van der Waals surface area contributed by atoms with Crippen LogP contribution in [0.1, 0.15) is 36.0 Å². The van der Waals surface area contributed by atoms with E-state index in [1.54, 1.807) is 36.7 Å². The van der Waals surface area contributed by atoms with E-state index < -0.39 is 34.5 Å². The average molecular weight is 539 g/mol. The fourth-order valence-corrected chi connectivity index (χ4v) is 5.44. The molecule has 2 aromatic carbocycles. The summed E-state index contributed by atoms with van der Waals surface area (Å²) in [5, 5.41) is 15.4. The molecule has 1 saturated heterocycles. The van der Waals surface area contributed by atoms with Crippen LogP contribution in [0.2, 0.25) is 0 Å². The van der Waals surface area contributed by atoms with Crippen molar-refractivity contribution < 1.29 is 23.1 Å². The van der Waals surface area contributed by atoms with Gasteiger partial charge in [-0.05, 0) is 61.7 Å². The molecule has 0 bridgehead atoms. The Morgan fingerprint density at radius 3 is 2.37 bits per heavy atom. The molecule has 38 heavy (non-hydrogen) atoms. The van der Waals surface area contributed by atoms with Gasteiger partial charge in [0, 0.05) is 36.7 Å². The van der Waals surface area contributed by atoms with Crippen LogP contribution in [0.3, 0.4) is 0 Å². The van der Waals surface area contributed by atoms with Gasteiger partial charge in [0.2, 0.25) is 16.0 Å². The highest BCUT2D eigenvalue weighted by molar-refractivity contribution is 7.89. The number of sulfonamides is 1. The molecule has 2 heterocycles. The molecule has 2 atom stereocenters. The van der Waals surface area contributed by atoms with E-state index in [1.807, 2.05) is 12.1 Å². The van der Waals surface area contributed by atoms with E-state index in [0.717, 1.165) is 37.9 Å². The first-order valence-corrected chi connectivity index (χ1v) is 13.8. The topological polar surface area (TPSA) is 154 Å². The number of carboxylic acid groups (broad SMARTS) is 1. The van der Waals surface area contributed by atoms with Gasteiger partial charge in [0.05, 0.1) is 4.90 Å². The predicted octanol–water partition coefficient (Wildman–Crippen LogP) is 2.46. The molecule has 4 rings (SSSR count). The number of aromatic nitrogens is 2. The summed E-state index contributed by atoms with van der Waals surface area (Å²) in [7, 11) is -4.07. The molecular formula is C26H30N6O5S. The van der Waals surface area contributed by atoms with Crippen molar-refractivity contribution in [3.63, 3.8) is 0 Å². The molecule has 0 radical (unpaired) electrons. The largest absolute Gasteiger partial charge is 0.480 e. The highest BCUT2D eigenvalue weighted by Crippen LogP contribution is 2.25. The lowest BCUT2D eigenvalue weighted by atomic mass is 10.1. The number of aliphatic carboxylic acids is 1. The fraction of sp³-hybridized carbons (Fsp3) is 0.308. The van der Waals surface area contributed by atoms with E-state index in [1.165, 1.54) is 24.3 Å². The van der Waals surface area contributed by atoms with Crippen LogP contribution in [0.5, 0.6) is 0 Å². The first-order chi connectivity index (χ1) is 18.3. The summed E-state index contributed by atoms with van der Waals surface area (Å²) in [6.07, 6.45) is 7.50. The van der Waals surface area contributed by atoms with Gasteiger partial charge in [-0.25, -0.2) is 18.4 Å². The minimum Gasteiger partial charge on any atom is -0.480 e. The molecule has 1 aliphatic rings. The number of hydrogen-bond donors (Lipinski definition) is 4. The number of nitrogens with zero attached hydrogens (tertiary/aromatic N) is 3. The molecule has 1 amide bonds. The molecule has 4 N–H and O–H groups in total. The normalized spacial score (nSPS) is 16.7. The molecule has 1 unspecified atom stereocenters. The summed E-state index contributed by atoms with van der Waals surface area (Å²) in [6.45, 7) is 0.412. The molecule has 0 spiro atoms. The molecule has 1 aliphatic heterocycles. The minimum atomic E-state index is -4.07. The maximum absolute atomic E-state index is 12.7. The summed E-state index contributed by atoms with van der Waals surface area (Å²) < 4.78 is 27.2. The number of rotatable bonds is 10. The monoisotopic (exact) mass is 538 g/mol. The summed E-state index contributed by atoms with van der Waals surface area (Å²) in [6, 6.07) is 14.7. The van der Waals surface area contributed by atoms with Crippen molar-refractivity contribution >= 4 is 33.5 Å². The Bertz CT molecular complexity index is 1320. The molecule has 1 fully saturated rings. The van der Waals surface area contributed by atoms with Crippen molar-refractivity contribution in [1.29, 1.82) is 0 Å². The van der Waals surface area contributed by atoms with Crippen molar-refractivity contribution in [2.24, 2.45) is 0 Å². The second kappa shape index (κ2) is 12.5. The van der Waals surface area contributed by atoms with Crippen LogP contribution >= 0.6 is 0 Å². The lowest BCUT2D eigenvalue weighted by Crippen LogP contribution is -2.48. The van der Waals surface area contributed by atoms with Crippen LogP contribution in [0.4, 0.5) is 11.6 Å². The van der Waals surface area contributed by atoms with Crippen LogP contribution in [-0.2, 0) is 14.8 Å². The maximum Gasteiger partial charge on any atom is 0.323 e. The Labute approximate surface area is 221 Å². The van der Waals surface area contributed by atoms with E-state index in [-0.39, 0.29) is 11.1 Å².